The SMILES string of the molecule is COc1ccc2[nH]c(-c3ccccc3)c(C=C3Oc4cc(OP(=O)(O)O)cc(OP(=O)(O)O)c4C3=O)c2c1. The van der Waals surface area contributed by atoms with Crippen LogP contribution in [0.25, 0.3) is 28.2 Å². The number of aromatic nitrogens is 1. The quantitative estimate of drug-likeness (QED) is 0.160. The second-order valence-electron chi connectivity index (χ2n) is 8.09. The molecule has 4 aromatic rings. The van der Waals surface area contributed by atoms with Crippen molar-refractivity contribution >= 4 is 38.4 Å². The van der Waals surface area contributed by atoms with Crippen LogP contribution in [0.15, 0.2) is 66.4 Å². The molecule has 38 heavy (non-hydrogen) atoms. The van der Waals surface area contributed by atoms with Gasteiger partial charge in [0, 0.05) is 28.6 Å². The van der Waals surface area contributed by atoms with Crippen molar-refractivity contribution in [1.82, 2.24) is 4.98 Å². The molecule has 196 valence electrons. The molecular formula is C24H19NO11P2. The van der Waals surface area contributed by atoms with Crippen LogP contribution in [0.2, 0.25) is 0 Å². The average Bonchev–Trinajstić information content (AvgIpc) is 3.34. The van der Waals surface area contributed by atoms with Crippen molar-refractivity contribution in [3.05, 3.63) is 77.5 Å². The highest BCUT2D eigenvalue weighted by Gasteiger charge is 2.36. The normalized spacial score (nSPS) is 14.4. The molecule has 0 amide bonds. The molecule has 0 fully saturated rings. The summed E-state index contributed by atoms with van der Waals surface area (Å²) in [6, 6.07) is 16.4. The van der Waals surface area contributed by atoms with E-state index >= 15 is 0 Å². The van der Waals surface area contributed by atoms with Crippen LogP contribution in [0.3, 0.4) is 0 Å². The van der Waals surface area contributed by atoms with Crippen LogP contribution >= 0.6 is 15.6 Å². The summed E-state index contributed by atoms with van der Waals surface area (Å²) >= 11 is 0. The fourth-order valence-electron chi connectivity index (χ4n) is 4.08. The first kappa shape index (κ1) is 25.7. The first-order chi connectivity index (χ1) is 17.9. The van der Waals surface area contributed by atoms with E-state index in [2.05, 4.69) is 14.0 Å². The highest BCUT2D eigenvalue weighted by molar-refractivity contribution is 7.47. The Balaban J connectivity index is 1.67. The van der Waals surface area contributed by atoms with Gasteiger partial charge in [0.1, 0.15) is 28.6 Å². The van der Waals surface area contributed by atoms with Crippen molar-refractivity contribution < 1.29 is 52.0 Å². The molecule has 0 spiro atoms. The van der Waals surface area contributed by atoms with Gasteiger partial charge in [-0.15, -0.1) is 0 Å². The standard InChI is InChI=1S/C24H19NO11P2/c1-33-14-7-8-18-16(9-14)17(23(25-18)13-5-3-2-4-6-13)12-21-24(26)22-19(34-21)10-15(35-37(27,28)29)11-20(22)36-38(30,31)32/h2-12,25H,1H3,(H2,27,28,29)(H2,30,31,32). The number of fused-ring (bicyclic) bond motifs is 2. The topological polar surface area (TPSA) is 185 Å². The second-order valence-corrected chi connectivity index (χ2v) is 10.4. The van der Waals surface area contributed by atoms with Crippen molar-refractivity contribution in [2.45, 2.75) is 0 Å². The molecule has 0 aliphatic carbocycles. The van der Waals surface area contributed by atoms with Crippen LogP contribution in [-0.4, -0.2) is 37.5 Å². The van der Waals surface area contributed by atoms with Gasteiger partial charge in [0.2, 0.25) is 5.78 Å². The largest absolute Gasteiger partial charge is 0.524 e. The lowest BCUT2D eigenvalue weighted by atomic mass is 10.0. The van der Waals surface area contributed by atoms with Crippen molar-refractivity contribution in [2.24, 2.45) is 0 Å². The lowest BCUT2D eigenvalue weighted by molar-refractivity contribution is 0.101. The van der Waals surface area contributed by atoms with E-state index in [0.717, 1.165) is 23.2 Å². The van der Waals surface area contributed by atoms with E-state index in [4.69, 9.17) is 19.3 Å². The van der Waals surface area contributed by atoms with Gasteiger partial charge in [0.15, 0.2) is 5.76 Å². The summed E-state index contributed by atoms with van der Waals surface area (Å²) in [6.45, 7) is 0. The average molecular weight is 559 g/mol. The van der Waals surface area contributed by atoms with Crippen molar-refractivity contribution in [2.75, 3.05) is 7.11 Å². The van der Waals surface area contributed by atoms with Crippen molar-refractivity contribution in [1.29, 1.82) is 0 Å². The second kappa shape index (κ2) is 9.45. The van der Waals surface area contributed by atoms with Crippen molar-refractivity contribution in [3.8, 4) is 34.3 Å². The van der Waals surface area contributed by atoms with E-state index in [9.17, 15) is 23.7 Å². The maximum absolute atomic E-state index is 13.4. The molecule has 5 rings (SSSR count). The number of rotatable bonds is 7. The van der Waals surface area contributed by atoms with Gasteiger partial charge in [-0.3, -0.25) is 24.4 Å². The smallest absolute Gasteiger partial charge is 0.497 e. The van der Waals surface area contributed by atoms with Gasteiger partial charge in [0.05, 0.1) is 12.8 Å². The summed E-state index contributed by atoms with van der Waals surface area (Å²) in [5.41, 5.74) is 2.41. The summed E-state index contributed by atoms with van der Waals surface area (Å²) < 4.78 is 43.1. The number of hydrogen-bond acceptors (Lipinski definition) is 7. The Morgan fingerprint density at radius 3 is 2.26 bits per heavy atom. The fourth-order valence-corrected chi connectivity index (χ4v) is 4.86. The first-order valence-corrected chi connectivity index (χ1v) is 13.9. The first-order valence-electron chi connectivity index (χ1n) is 10.8. The van der Waals surface area contributed by atoms with E-state index in [1.807, 2.05) is 36.4 Å². The summed E-state index contributed by atoms with van der Waals surface area (Å²) in [7, 11) is -8.72. The fraction of sp³-hybridized carbons (Fsp3) is 0.0417. The number of ketones is 1. The number of H-pyrrole nitrogens is 1. The maximum atomic E-state index is 13.4. The summed E-state index contributed by atoms with van der Waals surface area (Å²) in [5, 5.41) is 0.695. The molecule has 1 aliphatic heterocycles. The van der Waals surface area contributed by atoms with Gasteiger partial charge in [0.25, 0.3) is 0 Å². The number of allylic oxidation sites excluding steroid dienone is 1. The molecule has 0 unspecified atom stereocenters. The van der Waals surface area contributed by atoms with Gasteiger partial charge in [-0.1, -0.05) is 30.3 Å². The van der Waals surface area contributed by atoms with Crippen LogP contribution in [0.5, 0.6) is 23.0 Å². The number of hydrogen-bond donors (Lipinski definition) is 5. The number of carbonyl (C=O) groups is 1. The van der Waals surface area contributed by atoms with Crippen LogP contribution in [0.1, 0.15) is 15.9 Å². The number of carbonyl (C=O) groups excluding carboxylic acids is 1. The number of nitrogens with one attached hydrogen (secondary N) is 1. The molecule has 0 radical (unpaired) electrons. The van der Waals surface area contributed by atoms with Gasteiger partial charge >= 0.3 is 15.6 Å². The Bertz CT molecular complexity index is 1700. The van der Waals surface area contributed by atoms with E-state index < -0.39 is 32.9 Å². The third kappa shape index (κ3) is 5.23. The van der Waals surface area contributed by atoms with Gasteiger partial charge in [-0.05, 0) is 29.8 Å². The molecule has 12 nitrogen and oxygen atoms in total. The Hall–Kier alpha value is -3.89. The summed E-state index contributed by atoms with van der Waals surface area (Å²) in [4.78, 5) is 53.7. The third-order valence-electron chi connectivity index (χ3n) is 5.54. The molecule has 3 aromatic carbocycles. The summed E-state index contributed by atoms with van der Waals surface area (Å²) in [6.07, 6.45) is 1.45. The van der Waals surface area contributed by atoms with E-state index in [0.29, 0.717) is 22.4 Å². The van der Waals surface area contributed by atoms with Gasteiger partial charge in [-0.2, -0.15) is 0 Å². The monoisotopic (exact) mass is 559 g/mol. The number of ether oxygens (including phenoxy) is 2. The van der Waals surface area contributed by atoms with E-state index in [1.165, 1.54) is 13.2 Å². The molecule has 14 heteroatoms. The molecule has 0 atom stereocenters. The molecule has 5 N–H and O–H groups in total. The Morgan fingerprint density at radius 1 is 0.895 bits per heavy atom. The van der Waals surface area contributed by atoms with Crippen LogP contribution < -0.4 is 18.5 Å². The van der Waals surface area contributed by atoms with Crippen LogP contribution in [-0.2, 0) is 9.13 Å². The molecule has 0 bridgehead atoms. The third-order valence-corrected chi connectivity index (χ3v) is 6.42. The lowest BCUT2D eigenvalue weighted by Gasteiger charge is -2.12. The summed E-state index contributed by atoms with van der Waals surface area (Å²) in [5.74, 6) is -1.91. The Kier molecular flexibility index (Phi) is 6.40. The number of methoxy groups -OCH3 is 1. The zero-order valence-electron chi connectivity index (χ0n) is 19.4. The van der Waals surface area contributed by atoms with Crippen molar-refractivity contribution in [3.63, 3.8) is 0 Å². The number of aromatic amines is 1. The molecule has 0 saturated heterocycles. The van der Waals surface area contributed by atoms with Gasteiger partial charge < -0.3 is 23.5 Å². The molecule has 1 aromatic heterocycles. The number of Topliss-reactive ketones (excluding diaryl/α,β-unsaturated/α-hetero) is 1. The molecular weight excluding hydrogens is 540 g/mol. The van der Waals surface area contributed by atoms with Crippen LogP contribution in [0.4, 0.5) is 0 Å². The minimum absolute atomic E-state index is 0.232. The predicted octanol–water partition coefficient (Wildman–Crippen LogP) is 4.40. The van der Waals surface area contributed by atoms with E-state index in [1.54, 1.807) is 12.1 Å². The molecule has 1 aliphatic rings. The van der Waals surface area contributed by atoms with Crippen LogP contribution in [0, 0.1) is 0 Å². The highest BCUT2D eigenvalue weighted by Crippen LogP contribution is 2.50. The number of benzene rings is 3. The number of phosphoric acid groups is 2. The Labute approximate surface area is 214 Å². The lowest BCUT2D eigenvalue weighted by Crippen LogP contribution is -2.01. The predicted molar refractivity (Wildman–Crippen MR) is 135 cm³/mol. The minimum atomic E-state index is -5.18. The highest BCUT2D eigenvalue weighted by atomic mass is 31.2. The minimum Gasteiger partial charge on any atom is -0.497 e. The molecule has 2 heterocycles. The zero-order chi connectivity index (χ0) is 27.2. The molecule has 0 saturated carbocycles. The number of phosphoric ester groups is 2. The maximum Gasteiger partial charge on any atom is 0.524 e. The Morgan fingerprint density at radius 2 is 1.61 bits per heavy atom. The van der Waals surface area contributed by atoms with E-state index in [-0.39, 0.29) is 17.1 Å². The van der Waals surface area contributed by atoms with Gasteiger partial charge in [-0.25, -0.2) is 9.13 Å². The zero-order valence-corrected chi connectivity index (χ0v) is 21.2.